The van der Waals surface area contributed by atoms with Crippen LogP contribution in [0.4, 0.5) is 5.95 Å². The van der Waals surface area contributed by atoms with Crippen molar-refractivity contribution in [2.45, 2.75) is 6.73 Å². The summed E-state index contributed by atoms with van der Waals surface area (Å²) in [6, 6.07) is 8.84. The molecule has 0 aliphatic carbocycles. The van der Waals surface area contributed by atoms with Gasteiger partial charge in [0.2, 0.25) is 11.8 Å². The molecule has 0 saturated carbocycles. The molecule has 0 fully saturated rings. The Morgan fingerprint density at radius 2 is 2.00 bits per heavy atom. The lowest BCUT2D eigenvalue weighted by atomic mass is 10.2. The number of ether oxygens (including phenoxy) is 2. The van der Waals surface area contributed by atoms with Gasteiger partial charge in [-0.2, -0.15) is 4.98 Å². The normalized spacial score (nSPS) is 11.9. The first-order chi connectivity index (χ1) is 13.7. The largest absolute Gasteiger partial charge is 0.480 e. The molecule has 0 spiro atoms. The summed E-state index contributed by atoms with van der Waals surface area (Å²) in [5, 5.41) is 0. The highest BCUT2D eigenvalue weighted by atomic mass is 31.1. The second-order valence-electron chi connectivity index (χ2n) is 5.48. The third kappa shape index (κ3) is 5.53. The summed E-state index contributed by atoms with van der Waals surface area (Å²) in [5.41, 5.74) is 6.80. The molecule has 0 bridgehead atoms. The maximum absolute atomic E-state index is 11.7. The predicted octanol–water partition coefficient (Wildman–Crippen LogP) is 2.39. The molecule has 1 unspecified atom stereocenters. The SMILES string of the molecule is COc1nc(N)ncc1-c1cn(COCCO[PH](=O)Oc2ccccc2)cn1. The fourth-order valence-corrected chi connectivity index (χ4v) is 2.89. The Balaban J connectivity index is 1.42. The number of para-hydroxylation sites is 1. The molecule has 0 saturated heterocycles. The third-order valence-corrected chi connectivity index (χ3v) is 4.35. The molecule has 2 heterocycles. The number of hydrogen-bond acceptors (Lipinski definition) is 9. The Labute approximate surface area is 162 Å². The van der Waals surface area contributed by atoms with Crippen molar-refractivity contribution in [1.82, 2.24) is 19.5 Å². The first-order valence-electron chi connectivity index (χ1n) is 8.32. The number of nitrogens with two attached hydrogens (primary N) is 1. The van der Waals surface area contributed by atoms with Crippen LogP contribution in [0.2, 0.25) is 0 Å². The lowest BCUT2D eigenvalue weighted by Gasteiger charge is -2.08. The number of aromatic nitrogens is 4. The zero-order valence-corrected chi connectivity index (χ0v) is 16.1. The molecular formula is C17H20N5O5P. The summed E-state index contributed by atoms with van der Waals surface area (Å²) >= 11 is 0. The van der Waals surface area contributed by atoms with E-state index in [9.17, 15) is 4.57 Å². The van der Waals surface area contributed by atoms with Crippen LogP contribution in [0, 0.1) is 0 Å². The van der Waals surface area contributed by atoms with Crippen molar-refractivity contribution in [2.75, 3.05) is 26.1 Å². The van der Waals surface area contributed by atoms with Crippen LogP contribution >= 0.6 is 8.25 Å². The van der Waals surface area contributed by atoms with Gasteiger partial charge in [-0.05, 0) is 12.1 Å². The van der Waals surface area contributed by atoms with Crippen molar-refractivity contribution in [3.8, 4) is 22.9 Å². The van der Waals surface area contributed by atoms with Crippen LogP contribution in [-0.4, -0.2) is 39.8 Å². The Bertz CT molecular complexity index is 921. The molecular weight excluding hydrogens is 385 g/mol. The minimum Gasteiger partial charge on any atom is -0.480 e. The second kappa shape index (κ2) is 9.84. The fourth-order valence-electron chi connectivity index (χ4n) is 2.25. The molecule has 0 amide bonds. The summed E-state index contributed by atoms with van der Waals surface area (Å²) in [6.45, 7) is 0.636. The average Bonchev–Trinajstić information content (AvgIpc) is 3.17. The van der Waals surface area contributed by atoms with E-state index in [1.807, 2.05) is 6.07 Å². The molecule has 2 N–H and O–H groups in total. The number of benzene rings is 1. The number of nitrogens with zero attached hydrogens (tertiary/aromatic N) is 4. The number of hydrogen-bond donors (Lipinski definition) is 1. The first-order valence-corrected chi connectivity index (χ1v) is 9.54. The standard InChI is InChI=1S/C17H20N5O5P/c1-24-16-14(9-19-17(18)21-16)15-10-22(11-20-15)12-25-7-8-26-28(23)27-13-5-3-2-4-6-13/h2-6,9-11,28H,7-8,12H2,1H3,(H2,18,19,21). The average molecular weight is 405 g/mol. The van der Waals surface area contributed by atoms with Crippen LogP contribution in [-0.2, 0) is 20.6 Å². The van der Waals surface area contributed by atoms with Crippen molar-refractivity contribution in [3.63, 3.8) is 0 Å². The summed E-state index contributed by atoms with van der Waals surface area (Å²) in [5.74, 6) is 0.967. The minimum atomic E-state index is -2.62. The van der Waals surface area contributed by atoms with E-state index >= 15 is 0 Å². The summed E-state index contributed by atoms with van der Waals surface area (Å²) in [6.07, 6.45) is 4.92. The van der Waals surface area contributed by atoms with Gasteiger partial charge in [-0.15, -0.1) is 0 Å². The van der Waals surface area contributed by atoms with Gasteiger partial charge in [0, 0.05) is 12.4 Å². The van der Waals surface area contributed by atoms with E-state index in [0.29, 0.717) is 22.9 Å². The highest BCUT2D eigenvalue weighted by molar-refractivity contribution is 7.33. The van der Waals surface area contributed by atoms with Crippen LogP contribution in [0.25, 0.3) is 11.3 Å². The molecule has 1 aromatic carbocycles. The van der Waals surface area contributed by atoms with Gasteiger partial charge in [-0.1, -0.05) is 18.2 Å². The zero-order valence-electron chi connectivity index (χ0n) is 15.1. The molecule has 1 atom stereocenters. The van der Waals surface area contributed by atoms with Gasteiger partial charge in [0.05, 0.1) is 37.9 Å². The van der Waals surface area contributed by atoms with Gasteiger partial charge >= 0.3 is 8.25 Å². The maximum Gasteiger partial charge on any atom is 0.367 e. The summed E-state index contributed by atoms with van der Waals surface area (Å²) in [4.78, 5) is 12.3. The molecule has 0 aliphatic rings. The number of methoxy groups -OCH3 is 1. The molecule has 3 aromatic rings. The molecule has 10 nitrogen and oxygen atoms in total. The van der Waals surface area contributed by atoms with Crippen molar-refractivity contribution >= 4 is 14.2 Å². The number of nitrogen functional groups attached to an aromatic ring is 1. The van der Waals surface area contributed by atoms with Gasteiger partial charge in [0.25, 0.3) is 0 Å². The number of anilines is 1. The molecule has 2 aromatic heterocycles. The predicted molar refractivity (Wildman–Crippen MR) is 102 cm³/mol. The highest BCUT2D eigenvalue weighted by Crippen LogP contribution is 2.27. The van der Waals surface area contributed by atoms with Crippen molar-refractivity contribution < 1.29 is 23.1 Å². The lowest BCUT2D eigenvalue weighted by molar-refractivity contribution is 0.0534. The Morgan fingerprint density at radius 1 is 1.18 bits per heavy atom. The first kappa shape index (κ1) is 19.8. The monoisotopic (exact) mass is 405 g/mol. The van der Waals surface area contributed by atoms with E-state index in [2.05, 4.69) is 15.0 Å². The molecule has 0 aliphatic heterocycles. The van der Waals surface area contributed by atoms with Crippen LogP contribution in [0.1, 0.15) is 0 Å². The fraction of sp³-hybridized carbons (Fsp3) is 0.235. The topological polar surface area (TPSA) is 124 Å². The molecule has 0 radical (unpaired) electrons. The van der Waals surface area contributed by atoms with Crippen molar-refractivity contribution in [1.29, 1.82) is 0 Å². The molecule has 3 rings (SSSR count). The quantitative estimate of drug-likeness (QED) is 0.400. The third-order valence-electron chi connectivity index (χ3n) is 3.51. The molecule has 11 heteroatoms. The van der Waals surface area contributed by atoms with Crippen LogP contribution in [0.15, 0.2) is 49.1 Å². The van der Waals surface area contributed by atoms with Gasteiger partial charge in [0.15, 0.2) is 0 Å². The van der Waals surface area contributed by atoms with Crippen LogP contribution in [0.5, 0.6) is 11.6 Å². The molecule has 148 valence electrons. The number of imidazole rings is 1. The van der Waals surface area contributed by atoms with Crippen molar-refractivity contribution in [2.24, 2.45) is 0 Å². The van der Waals surface area contributed by atoms with E-state index in [-0.39, 0.29) is 25.9 Å². The van der Waals surface area contributed by atoms with Gasteiger partial charge in [-0.3, -0.25) is 4.52 Å². The van der Waals surface area contributed by atoms with Crippen LogP contribution < -0.4 is 15.0 Å². The lowest BCUT2D eigenvalue weighted by Crippen LogP contribution is -2.05. The summed E-state index contributed by atoms with van der Waals surface area (Å²) in [7, 11) is -1.12. The Morgan fingerprint density at radius 3 is 2.79 bits per heavy atom. The van der Waals surface area contributed by atoms with Gasteiger partial charge in [-0.25, -0.2) is 14.5 Å². The van der Waals surface area contributed by atoms with Crippen LogP contribution in [0.3, 0.4) is 0 Å². The van der Waals surface area contributed by atoms with Gasteiger partial charge < -0.3 is 24.3 Å². The van der Waals surface area contributed by atoms with E-state index in [1.54, 1.807) is 47.6 Å². The van der Waals surface area contributed by atoms with Gasteiger partial charge in [0.1, 0.15) is 12.5 Å². The number of rotatable bonds is 10. The Hall–Kier alpha value is -2.94. The van der Waals surface area contributed by atoms with E-state index < -0.39 is 8.25 Å². The highest BCUT2D eigenvalue weighted by Gasteiger charge is 2.11. The second-order valence-corrected chi connectivity index (χ2v) is 6.47. The van der Waals surface area contributed by atoms with E-state index in [0.717, 1.165) is 0 Å². The minimum absolute atomic E-state index is 0.124. The van der Waals surface area contributed by atoms with E-state index in [4.69, 9.17) is 24.3 Å². The van der Waals surface area contributed by atoms with E-state index in [1.165, 1.54) is 7.11 Å². The Kier molecular flexibility index (Phi) is 6.96. The maximum atomic E-state index is 11.7. The smallest absolute Gasteiger partial charge is 0.367 e. The molecule has 28 heavy (non-hydrogen) atoms. The van der Waals surface area contributed by atoms with Crippen molar-refractivity contribution in [3.05, 3.63) is 49.1 Å². The summed E-state index contributed by atoms with van der Waals surface area (Å²) < 4.78 is 34.5. The zero-order chi connectivity index (χ0) is 19.8.